The Balaban J connectivity index is 1.50. The second-order valence-corrected chi connectivity index (χ2v) is 7.88. The van der Waals surface area contributed by atoms with Gasteiger partial charge in [-0.1, -0.05) is 44.3 Å². The number of halogens is 3. The molecule has 2 heterocycles. The van der Waals surface area contributed by atoms with E-state index in [1.54, 1.807) is 42.6 Å². The molecule has 1 aliphatic heterocycles. The molecule has 0 fully saturated rings. The van der Waals surface area contributed by atoms with Crippen LogP contribution in [-0.4, -0.2) is 31.7 Å². The Kier molecular flexibility index (Phi) is 5.40. The third-order valence-corrected chi connectivity index (χ3v) is 5.31. The Morgan fingerprint density at radius 1 is 0.966 bits per heavy atom. The summed E-state index contributed by atoms with van der Waals surface area (Å²) in [7, 11) is 0. The Morgan fingerprint density at radius 2 is 1.66 bits per heavy atom. The summed E-state index contributed by atoms with van der Waals surface area (Å²) in [5.41, 5.74) is 1.86. The zero-order valence-corrected chi connectivity index (χ0v) is 17.7. The minimum atomic E-state index is -0.586. The maximum atomic E-state index is 12.7. The first-order valence-electron chi connectivity index (χ1n) is 8.38. The lowest BCUT2D eigenvalue weighted by atomic mass is 10.3. The van der Waals surface area contributed by atoms with E-state index in [2.05, 4.69) is 31.6 Å². The van der Waals surface area contributed by atoms with Gasteiger partial charge in [0.2, 0.25) is 0 Å². The van der Waals surface area contributed by atoms with Gasteiger partial charge in [0.25, 0.3) is 11.8 Å². The van der Waals surface area contributed by atoms with Crippen molar-refractivity contribution in [2.24, 2.45) is 0 Å². The van der Waals surface area contributed by atoms with Crippen LogP contribution in [0.5, 0.6) is 0 Å². The average molecular weight is 493 g/mol. The SMILES string of the molecule is O=C1C(Cl)=C(Nc2ccc(Br)cc2)C(=O)N1Cc1cn(-c2ccc(Cl)cc2)nn1. The van der Waals surface area contributed by atoms with Crippen LogP contribution in [0, 0.1) is 0 Å². The second kappa shape index (κ2) is 7.98. The molecule has 0 saturated heterocycles. The van der Waals surface area contributed by atoms with Crippen LogP contribution in [-0.2, 0) is 16.1 Å². The molecule has 1 N–H and O–H groups in total. The standard InChI is InChI=1S/C19H12BrCl2N5O2/c20-11-1-5-13(6-2-11)23-17-16(22)18(28)26(19(17)29)9-14-10-27(25-24-14)15-7-3-12(21)4-8-15/h1-8,10,23H,9H2. The van der Waals surface area contributed by atoms with E-state index >= 15 is 0 Å². The fourth-order valence-corrected chi connectivity index (χ4v) is 3.35. The van der Waals surface area contributed by atoms with Gasteiger partial charge in [0.1, 0.15) is 16.4 Å². The first-order valence-corrected chi connectivity index (χ1v) is 9.93. The molecule has 29 heavy (non-hydrogen) atoms. The fraction of sp³-hybridized carbons (Fsp3) is 0.0526. The maximum Gasteiger partial charge on any atom is 0.279 e. The van der Waals surface area contributed by atoms with Gasteiger partial charge in [0.05, 0.1) is 18.4 Å². The largest absolute Gasteiger partial charge is 0.350 e. The zero-order valence-electron chi connectivity index (χ0n) is 14.6. The van der Waals surface area contributed by atoms with Gasteiger partial charge in [-0.05, 0) is 48.5 Å². The molecule has 0 aliphatic carbocycles. The second-order valence-electron chi connectivity index (χ2n) is 6.15. The number of aromatic nitrogens is 3. The van der Waals surface area contributed by atoms with Gasteiger partial charge in [0, 0.05) is 15.2 Å². The van der Waals surface area contributed by atoms with Crippen LogP contribution >= 0.6 is 39.1 Å². The monoisotopic (exact) mass is 491 g/mol. The molecule has 3 aromatic rings. The number of rotatable bonds is 5. The number of hydrogen-bond donors (Lipinski definition) is 1. The summed E-state index contributed by atoms with van der Waals surface area (Å²) in [5, 5.41) is 11.4. The van der Waals surface area contributed by atoms with E-state index in [1.165, 1.54) is 4.68 Å². The molecule has 0 unspecified atom stereocenters. The van der Waals surface area contributed by atoms with Crippen LogP contribution in [0.3, 0.4) is 0 Å². The van der Waals surface area contributed by atoms with Crippen LogP contribution in [0.25, 0.3) is 5.69 Å². The van der Waals surface area contributed by atoms with Crippen molar-refractivity contribution in [2.75, 3.05) is 5.32 Å². The van der Waals surface area contributed by atoms with E-state index in [-0.39, 0.29) is 17.3 Å². The summed E-state index contributed by atoms with van der Waals surface area (Å²) >= 11 is 15.4. The van der Waals surface area contributed by atoms with Crippen molar-refractivity contribution >= 4 is 56.6 Å². The minimum absolute atomic E-state index is 0.0316. The van der Waals surface area contributed by atoms with Crippen molar-refractivity contribution < 1.29 is 9.59 Å². The van der Waals surface area contributed by atoms with Crippen LogP contribution in [0.4, 0.5) is 5.69 Å². The van der Waals surface area contributed by atoms with Crippen LogP contribution in [0.15, 0.2) is 69.9 Å². The molecule has 4 rings (SSSR count). The van der Waals surface area contributed by atoms with Gasteiger partial charge >= 0.3 is 0 Å². The third kappa shape index (κ3) is 4.05. The topological polar surface area (TPSA) is 80.1 Å². The quantitative estimate of drug-likeness (QED) is 0.542. The van der Waals surface area contributed by atoms with Crippen molar-refractivity contribution in [3.63, 3.8) is 0 Å². The predicted molar refractivity (Wildman–Crippen MR) is 113 cm³/mol. The van der Waals surface area contributed by atoms with E-state index in [9.17, 15) is 9.59 Å². The van der Waals surface area contributed by atoms with Crippen molar-refractivity contribution in [3.8, 4) is 5.69 Å². The lowest BCUT2D eigenvalue weighted by molar-refractivity contribution is -0.138. The number of imide groups is 1. The molecule has 10 heteroatoms. The molecule has 0 atom stereocenters. The van der Waals surface area contributed by atoms with Gasteiger partial charge in [-0.3, -0.25) is 14.5 Å². The normalized spacial score (nSPS) is 14.1. The number of carbonyl (C=O) groups is 2. The summed E-state index contributed by atoms with van der Waals surface area (Å²) in [5.74, 6) is -1.11. The summed E-state index contributed by atoms with van der Waals surface area (Å²) < 4.78 is 2.43. The Bertz CT molecular complexity index is 1130. The van der Waals surface area contributed by atoms with E-state index in [0.29, 0.717) is 16.4 Å². The average Bonchev–Trinajstić information content (AvgIpc) is 3.25. The summed E-state index contributed by atoms with van der Waals surface area (Å²) in [6.07, 6.45) is 1.64. The van der Waals surface area contributed by atoms with Crippen LogP contribution in [0.2, 0.25) is 5.02 Å². The lowest BCUT2D eigenvalue weighted by Gasteiger charge is -2.13. The number of benzene rings is 2. The minimum Gasteiger partial charge on any atom is -0.350 e. The highest BCUT2D eigenvalue weighted by atomic mass is 79.9. The molecule has 146 valence electrons. The Morgan fingerprint density at radius 3 is 2.34 bits per heavy atom. The van der Waals surface area contributed by atoms with Crippen LogP contribution < -0.4 is 5.32 Å². The van der Waals surface area contributed by atoms with Gasteiger partial charge in [0.15, 0.2) is 0 Å². The molecule has 0 saturated carbocycles. The fourth-order valence-electron chi connectivity index (χ4n) is 2.73. The molecule has 1 aliphatic rings. The number of hydrogen-bond acceptors (Lipinski definition) is 5. The summed E-state index contributed by atoms with van der Waals surface area (Å²) in [6.45, 7) is -0.0486. The van der Waals surface area contributed by atoms with Crippen molar-refractivity contribution in [1.29, 1.82) is 0 Å². The Hall–Kier alpha value is -2.68. The number of anilines is 1. The first kappa shape index (κ1) is 19.6. The van der Waals surface area contributed by atoms with Crippen molar-refractivity contribution in [3.05, 3.63) is 80.6 Å². The third-order valence-electron chi connectivity index (χ3n) is 4.18. The van der Waals surface area contributed by atoms with Crippen molar-refractivity contribution in [2.45, 2.75) is 6.54 Å². The van der Waals surface area contributed by atoms with Crippen molar-refractivity contribution in [1.82, 2.24) is 19.9 Å². The highest BCUT2D eigenvalue weighted by molar-refractivity contribution is 9.10. The highest BCUT2D eigenvalue weighted by Gasteiger charge is 2.38. The maximum absolute atomic E-state index is 12.7. The molecule has 7 nitrogen and oxygen atoms in total. The summed E-state index contributed by atoms with van der Waals surface area (Å²) in [4.78, 5) is 26.3. The number of nitrogens with one attached hydrogen (secondary N) is 1. The van der Waals surface area contributed by atoms with Gasteiger partial charge < -0.3 is 5.32 Å². The Labute approximate surface area is 184 Å². The molecule has 1 aromatic heterocycles. The van der Waals surface area contributed by atoms with Gasteiger partial charge in [-0.25, -0.2) is 4.68 Å². The zero-order chi connectivity index (χ0) is 20.5. The number of amides is 2. The molecular formula is C19H12BrCl2N5O2. The number of nitrogens with zero attached hydrogens (tertiary/aromatic N) is 4. The molecule has 0 radical (unpaired) electrons. The van der Waals surface area contributed by atoms with Crippen LogP contribution in [0.1, 0.15) is 5.69 Å². The van der Waals surface area contributed by atoms with E-state index < -0.39 is 11.8 Å². The summed E-state index contributed by atoms with van der Waals surface area (Å²) in [6, 6.07) is 14.2. The van der Waals surface area contributed by atoms with Gasteiger partial charge in [-0.15, -0.1) is 5.10 Å². The first-order chi connectivity index (χ1) is 13.9. The van der Waals surface area contributed by atoms with E-state index in [0.717, 1.165) is 15.1 Å². The lowest BCUT2D eigenvalue weighted by Crippen LogP contribution is -2.32. The predicted octanol–water partition coefficient (Wildman–Crippen LogP) is 4.11. The molecule has 2 amide bonds. The molecule has 0 bridgehead atoms. The van der Waals surface area contributed by atoms with E-state index in [1.807, 2.05) is 12.1 Å². The molecule has 2 aromatic carbocycles. The van der Waals surface area contributed by atoms with Gasteiger partial charge in [-0.2, -0.15) is 0 Å². The number of carbonyl (C=O) groups excluding carboxylic acids is 2. The highest BCUT2D eigenvalue weighted by Crippen LogP contribution is 2.27. The smallest absolute Gasteiger partial charge is 0.279 e. The molecular weight excluding hydrogens is 481 g/mol. The molecule has 0 spiro atoms. The van der Waals surface area contributed by atoms with E-state index in [4.69, 9.17) is 23.2 Å².